The van der Waals surface area contributed by atoms with E-state index in [4.69, 9.17) is 0 Å². The Balaban J connectivity index is 2.53. The first-order chi connectivity index (χ1) is 6.93. The second kappa shape index (κ2) is 7.01. The van der Waals surface area contributed by atoms with E-state index < -0.39 is 0 Å². The Bertz CT molecular complexity index is 407. The first-order valence-corrected chi connectivity index (χ1v) is 5.31. The van der Waals surface area contributed by atoms with Gasteiger partial charge in [-0.3, -0.25) is 0 Å². The van der Waals surface area contributed by atoms with Crippen molar-refractivity contribution in [3.63, 3.8) is 0 Å². The lowest BCUT2D eigenvalue weighted by Gasteiger charge is -1.83. The molecular weight excluding hydrogens is 236 g/mol. The minimum Gasteiger partial charge on any atom is -0.0869 e. The highest BCUT2D eigenvalue weighted by Gasteiger charge is 1.78. The van der Waals surface area contributed by atoms with Crippen molar-refractivity contribution in [3.8, 4) is 23.7 Å². The maximum absolute atomic E-state index is 3.21. The molecule has 0 aromatic heterocycles. The topological polar surface area (TPSA) is 0 Å². The molecule has 68 valence electrons. The van der Waals surface area contributed by atoms with Crippen LogP contribution in [0, 0.1) is 23.7 Å². The van der Waals surface area contributed by atoms with Crippen LogP contribution in [0.25, 0.3) is 0 Å². The molecule has 1 rings (SSSR count). The third kappa shape index (κ3) is 4.55. The van der Waals surface area contributed by atoms with Crippen LogP contribution in [0.4, 0.5) is 0 Å². The van der Waals surface area contributed by atoms with Crippen LogP contribution in [0.1, 0.15) is 5.56 Å². The fourth-order valence-corrected chi connectivity index (χ4v) is 0.989. The van der Waals surface area contributed by atoms with Gasteiger partial charge in [0, 0.05) is 5.56 Å². The molecule has 1 aromatic rings. The van der Waals surface area contributed by atoms with E-state index in [0.29, 0.717) is 5.33 Å². The zero-order valence-corrected chi connectivity index (χ0v) is 9.21. The molecule has 0 bridgehead atoms. The van der Waals surface area contributed by atoms with Crippen LogP contribution >= 0.6 is 15.9 Å². The third-order valence-electron chi connectivity index (χ3n) is 1.41. The van der Waals surface area contributed by atoms with Crippen LogP contribution in [0.5, 0.6) is 0 Å². The summed E-state index contributed by atoms with van der Waals surface area (Å²) < 4.78 is 0. The van der Waals surface area contributed by atoms with E-state index in [2.05, 4.69) is 39.6 Å². The van der Waals surface area contributed by atoms with E-state index in [1.165, 1.54) is 0 Å². The summed E-state index contributed by atoms with van der Waals surface area (Å²) in [5.74, 6) is 11.6. The molecule has 0 fully saturated rings. The van der Waals surface area contributed by atoms with Gasteiger partial charge in [-0.2, -0.15) is 0 Å². The van der Waals surface area contributed by atoms with Crippen LogP contribution in [0.2, 0.25) is 0 Å². The van der Waals surface area contributed by atoms with Gasteiger partial charge in [-0.05, 0) is 24.3 Å². The van der Waals surface area contributed by atoms with Crippen LogP contribution in [0.3, 0.4) is 0 Å². The first-order valence-electron chi connectivity index (χ1n) is 4.19. The molecule has 0 saturated heterocycles. The number of halogens is 1. The summed E-state index contributed by atoms with van der Waals surface area (Å²) in [5, 5.41) is 0.698. The molecule has 0 amide bonds. The Morgan fingerprint density at radius 1 is 1.07 bits per heavy atom. The standard InChI is InChI=1S/C13H9Br/c14-12-8-3-1-2-5-9-13-10-6-4-7-11-13/h1-2,4,6-7,10-11H,12H2/b2-1+. The van der Waals surface area contributed by atoms with Crippen molar-refractivity contribution in [1.29, 1.82) is 0 Å². The molecule has 0 spiro atoms. The van der Waals surface area contributed by atoms with Gasteiger partial charge in [0.1, 0.15) is 0 Å². The molecule has 0 radical (unpaired) electrons. The highest BCUT2D eigenvalue weighted by molar-refractivity contribution is 9.09. The van der Waals surface area contributed by atoms with E-state index in [-0.39, 0.29) is 0 Å². The van der Waals surface area contributed by atoms with Gasteiger partial charge in [-0.25, -0.2) is 0 Å². The van der Waals surface area contributed by atoms with Crippen LogP contribution < -0.4 is 0 Å². The molecule has 0 atom stereocenters. The lowest BCUT2D eigenvalue weighted by Crippen LogP contribution is -1.68. The Kier molecular flexibility index (Phi) is 5.33. The first kappa shape index (κ1) is 10.6. The predicted molar refractivity (Wildman–Crippen MR) is 64.0 cm³/mol. The highest BCUT2D eigenvalue weighted by atomic mass is 79.9. The Hall–Kier alpha value is -1.44. The molecule has 0 nitrogen and oxygen atoms in total. The van der Waals surface area contributed by atoms with Crippen LogP contribution in [-0.4, -0.2) is 5.33 Å². The minimum atomic E-state index is 0.698. The smallest absolute Gasteiger partial charge is 0.0649 e. The maximum Gasteiger partial charge on any atom is 0.0649 e. The number of benzene rings is 1. The number of alkyl halides is 1. The fourth-order valence-electron chi connectivity index (χ4n) is 0.827. The molecular formula is C13H9Br. The van der Waals surface area contributed by atoms with Crippen molar-refractivity contribution in [2.75, 3.05) is 5.33 Å². The molecule has 1 heteroatoms. The van der Waals surface area contributed by atoms with Crippen LogP contribution in [0.15, 0.2) is 42.5 Å². The zero-order valence-electron chi connectivity index (χ0n) is 7.63. The average Bonchev–Trinajstić information content (AvgIpc) is 2.25. The lowest BCUT2D eigenvalue weighted by atomic mass is 10.2. The molecule has 0 aliphatic rings. The Labute approximate surface area is 93.2 Å². The summed E-state index contributed by atoms with van der Waals surface area (Å²) in [6.07, 6.45) is 3.50. The van der Waals surface area contributed by atoms with E-state index in [1.54, 1.807) is 12.2 Å². The van der Waals surface area contributed by atoms with E-state index >= 15 is 0 Å². The Morgan fingerprint density at radius 3 is 2.50 bits per heavy atom. The maximum atomic E-state index is 3.21. The Morgan fingerprint density at radius 2 is 1.79 bits per heavy atom. The third-order valence-corrected chi connectivity index (χ3v) is 1.69. The van der Waals surface area contributed by atoms with Gasteiger partial charge >= 0.3 is 0 Å². The van der Waals surface area contributed by atoms with Crippen molar-refractivity contribution in [3.05, 3.63) is 48.0 Å². The molecule has 0 aliphatic heterocycles. The lowest BCUT2D eigenvalue weighted by molar-refractivity contribution is 1.65. The highest BCUT2D eigenvalue weighted by Crippen LogP contribution is 1.94. The zero-order chi connectivity index (χ0) is 10.1. The van der Waals surface area contributed by atoms with Gasteiger partial charge in [0.15, 0.2) is 0 Å². The second-order valence-electron chi connectivity index (χ2n) is 2.42. The van der Waals surface area contributed by atoms with Crippen LogP contribution in [-0.2, 0) is 0 Å². The normalized spacial score (nSPS) is 8.64. The quantitative estimate of drug-likeness (QED) is 0.487. The monoisotopic (exact) mass is 244 g/mol. The molecule has 0 heterocycles. The summed E-state index contributed by atoms with van der Waals surface area (Å²) in [6, 6.07) is 9.87. The summed E-state index contributed by atoms with van der Waals surface area (Å²) in [4.78, 5) is 0. The molecule has 0 saturated carbocycles. The summed E-state index contributed by atoms with van der Waals surface area (Å²) >= 11 is 3.21. The van der Waals surface area contributed by atoms with Gasteiger partial charge in [0.05, 0.1) is 5.33 Å². The van der Waals surface area contributed by atoms with Crippen molar-refractivity contribution in [1.82, 2.24) is 0 Å². The van der Waals surface area contributed by atoms with Gasteiger partial charge in [0.25, 0.3) is 0 Å². The van der Waals surface area contributed by atoms with Gasteiger partial charge < -0.3 is 0 Å². The molecule has 0 N–H and O–H groups in total. The van der Waals surface area contributed by atoms with Crippen molar-refractivity contribution in [2.24, 2.45) is 0 Å². The number of allylic oxidation sites excluding steroid dienone is 2. The van der Waals surface area contributed by atoms with Crippen molar-refractivity contribution in [2.45, 2.75) is 0 Å². The van der Waals surface area contributed by atoms with Gasteiger partial charge in [-0.15, -0.1) is 0 Å². The average molecular weight is 245 g/mol. The number of hydrogen-bond acceptors (Lipinski definition) is 0. The SMILES string of the molecule is BrCC#C/C=C/C#Cc1ccccc1. The molecule has 1 aromatic carbocycles. The van der Waals surface area contributed by atoms with E-state index in [1.807, 2.05) is 30.3 Å². The van der Waals surface area contributed by atoms with Crippen molar-refractivity contribution >= 4 is 15.9 Å². The van der Waals surface area contributed by atoms with Gasteiger partial charge in [0.2, 0.25) is 0 Å². The fraction of sp³-hybridized carbons (Fsp3) is 0.0769. The minimum absolute atomic E-state index is 0.698. The van der Waals surface area contributed by atoms with E-state index in [9.17, 15) is 0 Å². The number of hydrogen-bond donors (Lipinski definition) is 0. The summed E-state index contributed by atoms with van der Waals surface area (Å²) in [7, 11) is 0. The second-order valence-corrected chi connectivity index (χ2v) is 2.98. The molecule has 0 unspecified atom stereocenters. The summed E-state index contributed by atoms with van der Waals surface area (Å²) in [6.45, 7) is 0. The van der Waals surface area contributed by atoms with E-state index in [0.717, 1.165) is 5.56 Å². The van der Waals surface area contributed by atoms with Crippen molar-refractivity contribution < 1.29 is 0 Å². The number of rotatable bonds is 0. The predicted octanol–water partition coefficient (Wildman–Crippen LogP) is 2.99. The summed E-state index contributed by atoms with van der Waals surface area (Å²) in [5.41, 5.74) is 1.02. The molecule has 0 aliphatic carbocycles. The van der Waals surface area contributed by atoms with Gasteiger partial charge in [-0.1, -0.05) is 57.8 Å². The molecule has 14 heavy (non-hydrogen) atoms. The largest absolute Gasteiger partial charge is 0.0869 e.